The third-order valence-electron chi connectivity index (χ3n) is 8.31. The van der Waals surface area contributed by atoms with Gasteiger partial charge in [0.05, 0.1) is 6.61 Å². The van der Waals surface area contributed by atoms with Crippen LogP contribution in [0.2, 0.25) is 0 Å². The minimum Gasteiger partial charge on any atom is -0.388 e. The number of hydrogen-bond donors (Lipinski definition) is 2. The number of thiocarbonyl (C=S) groups is 1. The topological polar surface area (TPSA) is 49.7 Å². The van der Waals surface area contributed by atoms with E-state index in [4.69, 9.17) is 17.0 Å². The Kier molecular flexibility index (Phi) is 34.0. The lowest BCUT2D eigenvalue weighted by atomic mass is 10.0. The van der Waals surface area contributed by atoms with Gasteiger partial charge >= 0.3 is 0 Å². The second kappa shape index (κ2) is 34.2. The second-order valence-corrected chi connectivity index (χ2v) is 13.0. The Morgan fingerprint density at radius 1 is 0.537 bits per heavy atom. The molecular formula is C37H72O3S. The molecule has 0 aromatic rings. The summed E-state index contributed by atoms with van der Waals surface area (Å²) in [4.78, 5) is 0.585. The van der Waals surface area contributed by atoms with Gasteiger partial charge < -0.3 is 14.9 Å². The van der Waals surface area contributed by atoms with E-state index in [2.05, 4.69) is 26.0 Å². The molecule has 244 valence electrons. The van der Waals surface area contributed by atoms with Crippen molar-refractivity contribution in [3.05, 3.63) is 12.2 Å². The van der Waals surface area contributed by atoms with Gasteiger partial charge in [0.15, 0.2) is 0 Å². The summed E-state index contributed by atoms with van der Waals surface area (Å²) in [5, 5.41) is 20.6. The molecule has 0 fully saturated rings. The van der Waals surface area contributed by atoms with Gasteiger partial charge in [0.2, 0.25) is 0 Å². The van der Waals surface area contributed by atoms with E-state index < -0.39 is 12.2 Å². The third kappa shape index (κ3) is 31.0. The van der Waals surface area contributed by atoms with Crippen molar-refractivity contribution in [3.8, 4) is 0 Å². The summed E-state index contributed by atoms with van der Waals surface area (Å²) in [6.45, 7) is 5.37. The largest absolute Gasteiger partial charge is 0.388 e. The summed E-state index contributed by atoms with van der Waals surface area (Å²) in [5.41, 5.74) is 0. The van der Waals surface area contributed by atoms with Crippen molar-refractivity contribution >= 4 is 17.1 Å². The van der Waals surface area contributed by atoms with Gasteiger partial charge in [-0.25, -0.2) is 0 Å². The Balaban J connectivity index is 3.43. The molecule has 0 aliphatic heterocycles. The summed E-state index contributed by atoms with van der Waals surface area (Å²) in [6, 6.07) is 0. The van der Waals surface area contributed by atoms with Gasteiger partial charge in [0, 0.05) is 11.5 Å². The summed E-state index contributed by atoms with van der Waals surface area (Å²) in [6.07, 6.45) is 38.9. The Hall–Kier alpha value is -0.290. The zero-order valence-corrected chi connectivity index (χ0v) is 28.6. The molecule has 0 saturated carbocycles. The normalized spacial score (nSPS) is 13.3. The maximum absolute atomic E-state index is 10.3. The lowest BCUT2D eigenvalue weighted by molar-refractivity contribution is -0.0137. The van der Waals surface area contributed by atoms with Gasteiger partial charge in [0.25, 0.3) is 0 Å². The van der Waals surface area contributed by atoms with E-state index in [-0.39, 0.29) is 6.61 Å². The first kappa shape index (κ1) is 40.7. The molecule has 41 heavy (non-hydrogen) atoms. The third-order valence-corrected chi connectivity index (χ3v) is 8.76. The number of aliphatic hydroxyl groups is 2. The molecular weight excluding hydrogens is 524 g/mol. The molecule has 0 aromatic heterocycles. The van der Waals surface area contributed by atoms with Crippen molar-refractivity contribution in [1.82, 2.24) is 0 Å². The number of allylic oxidation sites excluding steroid dienone is 2. The molecule has 0 radical (unpaired) electrons. The van der Waals surface area contributed by atoms with Crippen LogP contribution in [0, 0.1) is 0 Å². The standard InChI is InChI=1S/C37H72O3S/c1-3-5-7-9-11-13-15-17-18-19-21-23-25-27-29-31-33-40-34-35(38)37(39)36(41)32-30-28-26-24-22-20-16-14-12-10-8-6-4-2/h17-18,35,37-39H,3-16,19-34H2,1-2H3/b18-17-. The fourth-order valence-electron chi connectivity index (χ4n) is 5.43. The molecule has 0 bridgehead atoms. The van der Waals surface area contributed by atoms with Crippen molar-refractivity contribution in [2.24, 2.45) is 0 Å². The van der Waals surface area contributed by atoms with Crippen molar-refractivity contribution < 1.29 is 14.9 Å². The Labute approximate surface area is 262 Å². The molecule has 0 rings (SSSR count). The number of ether oxygens (including phenoxy) is 1. The number of rotatable bonds is 34. The molecule has 0 spiro atoms. The lowest BCUT2D eigenvalue weighted by Crippen LogP contribution is -2.36. The number of hydrogen-bond acceptors (Lipinski definition) is 4. The average Bonchev–Trinajstić information content (AvgIpc) is 2.98. The highest BCUT2D eigenvalue weighted by Gasteiger charge is 2.20. The van der Waals surface area contributed by atoms with Crippen LogP contribution >= 0.6 is 12.2 Å². The van der Waals surface area contributed by atoms with Crippen LogP contribution in [0.4, 0.5) is 0 Å². The van der Waals surface area contributed by atoms with Crippen molar-refractivity contribution in [2.75, 3.05) is 13.2 Å². The number of unbranched alkanes of at least 4 members (excludes halogenated alkanes) is 24. The van der Waals surface area contributed by atoms with E-state index in [0.29, 0.717) is 11.5 Å². The van der Waals surface area contributed by atoms with Gasteiger partial charge in [0.1, 0.15) is 12.2 Å². The van der Waals surface area contributed by atoms with E-state index in [1.807, 2.05) is 0 Å². The molecule has 0 amide bonds. The van der Waals surface area contributed by atoms with E-state index in [9.17, 15) is 10.2 Å². The molecule has 2 atom stereocenters. The average molecular weight is 597 g/mol. The lowest BCUT2D eigenvalue weighted by Gasteiger charge is -2.19. The smallest absolute Gasteiger partial charge is 0.113 e. The van der Waals surface area contributed by atoms with Crippen LogP contribution in [0.25, 0.3) is 0 Å². The van der Waals surface area contributed by atoms with Crippen LogP contribution in [-0.4, -0.2) is 40.5 Å². The first-order valence-corrected chi connectivity index (χ1v) is 18.7. The summed E-state index contributed by atoms with van der Waals surface area (Å²) in [7, 11) is 0. The molecule has 2 unspecified atom stereocenters. The van der Waals surface area contributed by atoms with Crippen LogP contribution < -0.4 is 0 Å². The highest BCUT2D eigenvalue weighted by atomic mass is 32.1. The number of aliphatic hydroxyl groups excluding tert-OH is 2. The molecule has 0 heterocycles. The predicted octanol–water partition coefficient (Wildman–Crippen LogP) is 11.6. The van der Waals surface area contributed by atoms with Gasteiger partial charge in [-0.15, -0.1) is 0 Å². The monoisotopic (exact) mass is 597 g/mol. The highest BCUT2D eigenvalue weighted by molar-refractivity contribution is 7.80. The SMILES string of the molecule is CCCCCCCC/C=C\CCCCCCCCOCC(O)C(O)C(=S)CCCCCCCCCCCCCCC. The van der Waals surface area contributed by atoms with Crippen LogP contribution in [0.15, 0.2) is 12.2 Å². The van der Waals surface area contributed by atoms with Crippen LogP contribution in [-0.2, 0) is 4.74 Å². The van der Waals surface area contributed by atoms with Crippen LogP contribution in [0.5, 0.6) is 0 Å². The molecule has 0 saturated heterocycles. The van der Waals surface area contributed by atoms with Crippen LogP contribution in [0.1, 0.15) is 194 Å². The molecule has 4 heteroatoms. The molecule has 0 aliphatic rings. The summed E-state index contributed by atoms with van der Waals surface area (Å²) < 4.78 is 5.63. The maximum Gasteiger partial charge on any atom is 0.113 e. The first-order valence-electron chi connectivity index (χ1n) is 18.2. The van der Waals surface area contributed by atoms with E-state index >= 15 is 0 Å². The first-order chi connectivity index (χ1) is 20.1. The van der Waals surface area contributed by atoms with Gasteiger partial charge in [-0.1, -0.05) is 173 Å². The van der Waals surface area contributed by atoms with Gasteiger partial charge in [-0.05, 0) is 44.9 Å². The minimum atomic E-state index is -0.942. The fourth-order valence-corrected chi connectivity index (χ4v) is 5.73. The van der Waals surface area contributed by atoms with Gasteiger partial charge in [-0.3, -0.25) is 0 Å². The minimum absolute atomic E-state index is 0.172. The van der Waals surface area contributed by atoms with E-state index in [1.54, 1.807) is 0 Å². The zero-order valence-electron chi connectivity index (χ0n) is 27.7. The Morgan fingerprint density at radius 2 is 0.902 bits per heavy atom. The highest BCUT2D eigenvalue weighted by Crippen LogP contribution is 2.15. The Morgan fingerprint density at radius 3 is 1.34 bits per heavy atom. The van der Waals surface area contributed by atoms with Crippen LogP contribution in [0.3, 0.4) is 0 Å². The second-order valence-electron chi connectivity index (χ2n) is 12.5. The zero-order chi connectivity index (χ0) is 30.1. The molecule has 3 nitrogen and oxygen atoms in total. The summed E-state index contributed by atoms with van der Waals surface area (Å²) in [5.74, 6) is 0. The van der Waals surface area contributed by atoms with Crippen molar-refractivity contribution in [1.29, 1.82) is 0 Å². The summed E-state index contributed by atoms with van der Waals surface area (Å²) >= 11 is 5.39. The van der Waals surface area contributed by atoms with Crippen molar-refractivity contribution in [3.63, 3.8) is 0 Å². The quantitative estimate of drug-likeness (QED) is 0.0441. The van der Waals surface area contributed by atoms with Crippen molar-refractivity contribution in [2.45, 2.75) is 206 Å². The molecule has 2 N–H and O–H groups in total. The fraction of sp³-hybridized carbons (Fsp3) is 0.919. The maximum atomic E-state index is 10.3. The van der Waals surface area contributed by atoms with E-state index in [0.717, 1.165) is 25.7 Å². The van der Waals surface area contributed by atoms with E-state index in [1.165, 1.54) is 154 Å². The predicted molar refractivity (Wildman–Crippen MR) is 185 cm³/mol. The molecule has 0 aromatic carbocycles. The van der Waals surface area contributed by atoms with Gasteiger partial charge in [-0.2, -0.15) is 0 Å². The Bertz CT molecular complexity index is 550. The molecule has 0 aliphatic carbocycles.